The maximum Gasteiger partial charge on any atom is 0.353 e. The second-order valence-electron chi connectivity index (χ2n) is 7.81. The Bertz CT molecular complexity index is 860. The Kier molecular flexibility index (Phi) is 6.47. The molecule has 1 saturated carbocycles. The van der Waals surface area contributed by atoms with Gasteiger partial charge in [-0.25, -0.2) is 4.79 Å². The third-order valence-corrected chi connectivity index (χ3v) is 7.71. The summed E-state index contributed by atoms with van der Waals surface area (Å²) in [7, 11) is 1.78. The van der Waals surface area contributed by atoms with Gasteiger partial charge >= 0.3 is 5.97 Å². The highest BCUT2D eigenvalue weighted by molar-refractivity contribution is 9.12. The molecule has 4 rings (SSSR count). The minimum atomic E-state index is -0.943. The summed E-state index contributed by atoms with van der Waals surface area (Å²) in [5, 5.41) is 9.63. The summed E-state index contributed by atoms with van der Waals surface area (Å²) in [6, 6.07) is 10.3. The van der Waals surface area contributed by atoms with Gasteiger partial charge in [0.15, 0.2) is 0 Å². The Morgan fingerprint density at radius 1 is 1.28 bits per heavy atom. The van der Waals surface area contributed by atoms with Gasteiger partial charge in [0.1, 0.15) is 16.9 Å². The molecule has 0 radical (unpaired) electrons. The van der Waals surface area contributed by atoms with Crippen molar-refractivity contribution in [2.24, 2.45) is 16.8 Å². The number of hydrogen-bond donors (Lipinski definition) is 1. The lowest BCUT2D eigenvalue weighted by molar-refractivity contribution is -0.133. The van der Waals surface area contributed by atoms with E-state index in [4.69, 9.17) is 9.73 Å². The average molecular weight is 477 g/mol. The fraction of sp³-hybridized carbons (Fsp3) is 0.455. The maximum absolute atomic E-state index is 11.5. The summed E-state index contributed by atoms with van der Waals surface area (Å²) in [4.78, 5) is 19.2. The van der Waals surface area contributed by atoms with Gasteiger partial charge in [-0.3, -0.25) is 4.99 Å². The van der Waals surface area contributed by atoms with E-state index < -0.39 is 5.97 Å². The molecular formula is C22H25BrN2O3S. The maximum atomic E-state index is 11.5. The summed E-state index contributed by atoms with van der Waals surface area (Å²) in [5.74, 6) is 0.994. The molecule has 0 amide bonds. The highest BCUT2D eigenvalue weighted by Gasteiger charge is 2.38. The van der Waals surface area contributed by atoms with Gasteiger partial charge in [0.25, 0.3) is 0 Å². The Hall–Kier alpha value is -1.57. The van der Waals surface area contributed by atoms with E-state index in [1.165, 1.54) is 18.4 Å². The van der Waals surface area contributed by atoms with Crippen molar-refractivity contribution in [2.45, 2.75) is 37.7 Å². The third-order valence-electron chi connectivity index (χ3n) is 5.82. The molecule has 3 aliphatic rings. The van der Waals surface area contributed by atoms with Gasteiger partial charge in [0, 0.05) is 18.1 Å². The van der Waals surface area contributed by atoms with Crippen molar-refractivity contribution in [3.8, 4) is 0 Å². The lowest BCUT2D eigenvalue weighted by Gasteiger charge is -2.30. The van der Waals surface area contributed by atoms with Crippen molar-refractivity contribution in [3.63, 3.8) is 0 Å². The first-order valence-corrected chi connectivity index (χ1v) is 11.6. The molecule has 154 valence electrons. The number of aliphatic carboxylic acids is 1. The first-order valence-electron chi connectivity index (χ1n) is 9.98. The van der Waals surface area contributed by atoms with Gasteiger partial charge in [-0.15, -0.1) is 0 Å². The van der Waals surface area contributed by atoms with Crippen LogP contribution in [0.5, 0.6) is 0 Å². The summed E-state index contributed by atoms with van der Waals surface area (Å²) in [6.45, 7) is 1.50. The van der Waals surface area contributed by atoms with E-state index in [2.05, 4.69) is 28.1 Å². The van der Waals surface area contributed by atoms with Crippen LogP contribution in [-0.4, -0.2) is 40.8 Å². The summed E-state index contributed by atoms with van der Waals surface area (Å²) in [5.41, 5.74) is 1.47. The van der Waals surface area contributed by atoms with Gasteiger partial charge in [-0.05, 0) is 65.1 Å². The highest BCUT2D eigenvalue weighted by Crippen LogP contribution is 2.45. The van der Waals surface area contributed by atoms with Crippen LogP contribution in [0, 0.1) is 11.8 Å². The first kappa shape index (κ1) is 20.7. The van der Waals surface area contributed by atoms with Gasteiger partial charge in [-0.1, -0.05) is 42.1 Å². The fourth-order valence-corrected chi connectivity index (χ4v) is 6.37. The van der Waals surface area contributed by atoms with Crippen LogP contribution in [0.2, 0.25) is 0 Å². The van der Waals surface area contributed by atoms with Crippen molar-refractivity contribution >= 4 is 39.5 Å². The zero-order valence-electron chi connectivity index (χ0n) is 16.4. The molecule has 1 fully saturated rings. The number of carboxylic acid groups (broad SMARTS) is 1. The van der Waals surface area contributed by atoms with Gasteiger partial charge in [0.05, 0.1) is 11.5 Å². The lowest BCUT2D eigenvalue weighted by Crippen LogP contribution is -2.32. The number of carboxylic acids is 1. The average Bonchev–Trinajstić information content (AvgIpc) is 3.13. The van der Waals surface area contributed by atoms with Crippen molar-refractivity contribution in [1.82, 2.24) is 4.90 Å². The SMILES string of the molecule is CN1C2=NC(C3CCC(COCc4ccccc4)CC3)SC2=CC(Br)=C1C(=O)O. The van der Waals surface area contributed by atoms with Crippen LogP contribution in [0.3, 0.4) is 0 Å². The topological polar surface area (TPSA) is 62.1 Å². The Morgan fingerprint density at radius 2 is 2.00 bits per heavy atom. The summed E-state index contributed by atoms with van der Waals surface area (Å²) in [6.07, 6.45) is 6.52. The van der Waals surface area contributed by atoms with Gasteiger partial charge in [-0.2, -0.15) is 0 Å². The van der Waals surface area contributed by atoms with Gasteiger partial charge in [0.2, 0.25) is 0 Å². The van der Waals surface area contributed by atoms with Crippen molar-refractivity contribution in [3.05, 3.63) is 57.1 Å². The van der Waals surface area contributed by atoms with Crippen molar-refractivity contribution < 1.29 is 14.6 Å². The number of hydrogen-bond acceptors (Lipinski definition) is 5. The summed E-state index contributed by atoms with van der Waals surface area (Å²) < 4.78 is 6.55. The Labute approximate surface area is 184 Å². The monoisotopic (exact) mass is 476 g/mol. The fourth-order valence-electron chi connectivity index (χ4n) is 4.20. The standard InChI is InChI=1S/C22H25BrN2O3S/c1-25-19(22(26)27)17(23)11-18-20(25)24-21(29-18)16-9-7-15(8-10-16)13-28-12-14-5-3-2-4-6-14/h2-6,11,15-16,21H,7-10,12-13H2,1H3,(H,26,27). The number of carbonyl (C=O) groups is 1. The molecule has 1 aromatic rings. The summed E-state index contributed by atoms with van der Waals surface area (Å²) >= 11 is 5.16. The molecule has 1 aromatic carbocycles. The number of amidine groups is 1. The number of thioether (sulfide) groups is 1. The predicted molar refractivity (Wildman–Crippen MR) is 120 cm³/mol. The number of likely N-dealkylation sites (N-methyl/N-ethyl adjacent to an activating group) is 1. The zero-order chi connectivity index (χ0) is 20.4. The van der Waals surface area contributed by atoms with Crippen LogP contribution in [0.15, 0.2) is 56.5 Å². The van der Waals surface area contributed by atoms with E-state index in [0.29, 0.717) is 22.9 Å². The molecule has 1 unspecified atom stereocenters. The normalized spacial score (nSPS) is 26.8. The molecule has 29 heavy (non-hydrogen) atoms. The van der Waals surface area contributed by atoms with E-state index in [1.54, 1.807) is 23.7 Å². The van der Waals surface area contributed by atoms with E-state index >= 15 is 0 Å². The molecule has 0 spiro atoms. The van der Waals surface area contributed by atoms with Crippen LogP contribution in [0.1, 0.15) is 31.2 Å². The van der Waals surface area contributed by atoms with Crippen LogP contribution >= 0.6 is 27.7 Å². The molecule has 0 bridgehead atoms. The largest absolute Gasteiger partial charge is 0.477 e. The number of halogens is 1. The third kappa shape index (κ3) is 4.62. The van der Waals surface area contributed by atoms with E-state index in [-0.39, 0.29) is 11.1 Å². The Morgan fingerprint density at radius 3 is 2.69 bits per heavy atom. The van der Waals surface area contributed by atoms with Crippen molar-refractivity contribution in [2.75, 3.05) is 13.7 Å². The second-order valence-corrected chi connectivity index (χ2v) is 9.82. The molecule has 1 N–H and O–H groups in total. The van der Waals surface area contributed by atoms with Crippen LogP contribution in [0.25, 0.3) is 0 Å². The van der Waals surface area contributed by atoms with E-state index in [0.717, 1.165) is 30.2 Å². The smallest absolute Gasteiger partial charge is 0.353 e. The van der Waals surface area contributed by atoms with Crippen LogP contribution < -0.4 is 0 Å². The molecule has 2 aliphatic heterocycles. The number of aliphatic imine (C=N–C) groups is 1. The predicted octanol–water partition coefficient (Wildman–Crippen LogP) is 5.00. The minimum Gasteiger partial charge on any atom is -0.477 e. The molecular weight excluding hydrogens is 452 g/mol. The molecule has 2 heterocycles. The molecule has 1 atom stereocenters. The van der Waals surface area contributed by atoms with Gasteiger partial charge < -0.3 is 14.7 Å². The molecule has 5 nitrogen and oxygen atoms in total. The van der Waals surface area contributed by atoms with Crippen LogP contribution in [0.4, 0.5) is 0 Å². The number of benzene rings is 1. The molecule has 0 aromatic heterocycles. The number of fused-ring (bicyclic) bond motifs is 1. The quantitative estimate of drug-likeness (QED) is 0.625. The Balaban J connectivity index is 1.29. The van der Waals surface area contributed by atoms with Crippen molar-refractivity contribution in [1.29, 1.82) is 0 Å². The second kappa shape index (κ2) is 9.06. The minimum absolute atomic E-state index is 0.179. The number of rotatable bonds is 6. The van der Waals surface area contributed by atoms with E-state index in [1.807, 2.05) is 24.3 Å². The van der Waals surface area contributed by atoms with E-state index in [9.17, 15) is 9.90 Å². The van der Waals surface area contributed by atoms with Crippen LogP contribution in [-0.2, 0) is 16.1 Å². The molecule has 0 saturated heterocycles. The zero-order valence-corrected chi connectivity index (χ0v) is 18.8. The first-order chi connectivity index (χ1) is 14.0. The lowest BCUT2D eigenvalue weighted by atomic mass is 9.82. The number of nitrogens with zero attached hydrogens (tertiary/aromatic N) is 2. The highest BCUT2D eigenvalue weighted by atomic mass is 79.9. The number of allylic oxidation sites excluding steroid dienone is 2. The molecule has 1 aliphatic carbocycles. The molecule has 7 heteroatoms. The number of ether oxygens (including phenoxy) is 1.